The molecule has 1 atom stereocenters. The Labute approximate surface area is 184 Å². The molecule has 0 bridgehead atoms. The van der Waals surface area contributed by atoms with Crippen LogP contribution in [0.1, 0.15) is 25.0 Å². The topological polar surface area (TPSA) is 91.3 Å². The normalized spacial score (nSPS) is 19.5. The van der Waals surface area contributed by atoms with Crippen molar-refractivity contribution in [2.24, 2.45) is 5.10 Å². The molecule has 4 rings (SSSR count). The number of aryl methyl sites for hydroxylation is 1. The zero-order valence-corrected chi connectivity index (χ0v) is 18.2. The van der Waals surface area contributed by atoms with Gasteiger partial charge in [0.25, 0.3) is 5.91 Å². The molecule has 0 radical (unpaired) electrons. The Morgan fingerprint density at radius 2 is 1.90 bits per heavy atom. The molecule has 0 saturated heterocycles. The Hall–Kier alpha value is -3.33. The van der Waals surface area contributed by atoms with Crippen LogP contribution in [0.2, 0.25) is 0 Å². The predicted molar refractivity (Wildman–Crippen MR) is 119 cm³/mol. The Morgan fingerprint density at radius 3 is 2.58 bits per heavy atom. The van der Waals surface area contributed by atoms with Gasteiger partial charge in [0.2, 0.25) is 16.7 Å². The molecule has 0 unspecified atom stereocenters. The number of carbonyl (C=O) groups excluding carboxylic acids is 3. The van der Waals surface area contributed by atoms with E-state index in [1.807, 2.05) is 55.5 Å². The monoisotopic (exact) mass is 438 g/mol. The molecule has 0 aromatic heterocycles. The zero-order valence-electron chi connectivity index (χ0n) is 17.4. The van der Waals surface area contributed by atoms with Crippen molar-refractivity contribution >= 4 is 40.3 Å². The maximum absolute atomic E-state index is 13.8. The third-order valence-corrected chi connectivity index (χ3v) is 6.22. The van der Waals surface area contributed by atoms with Gasteiger partial charge in [-0.3, -0.25) is 14.4 Å². The number of ether oxygens (including phenoxy) is 1. The summed E-state index contributed by atoms with van der Waals surface area (Å²) in [5.41, 5.74) is 2.32. The first-order valence-electron chi connectivity index (χ1n) is 9.80. The van der Waals surface area contributed by atoms with Crippen LogP contribution in [0, 0.1) is 6.92 Å². The van der Waals surface area contributed by atoms with Gasteiger partial charge in [0.1, 0.15) is 12.4 Å². The molecule has 2 heterocycles. The fourth-order valence-corrected chi connectivity index (χ4v) is 5.04. The van der Waals surface area contributed by atoms with E-state index in [4.69, 9.17) is 4.74 Å². The van der Waals surface area contributed by atoms with Crippen LogP contribution in [-0.2, 0) is 19.3 Å². The van der Waals surface area contributed by atoms with Gasteiger partial charge < -0.3 is 15.0 Å². The third-order valence-electron chi connectivity index (χ3n) is 4.98. The number of hydrogen-bond donors (Lipinski definition) is 1. The van der Waals surface area contributed by atoms with Gasteiger partial charge in [0.05, 0.1) is 12.2 Å². The van der Waals surface area contributed by atoms with Gasteiger partial charge in [0.15, 0.2) is 5.17 Å². The van der Waals surface area contributed by atoms with Gasteiger partial charge >= 0.3 is 0 Å². The molecule has 0 fully saturated rings. The third kappa shape index (κ3) is 3.65. The van der Waals surface area contributed by atoms with Gasteiger partial charge in [0, 0.05) is 19.4 Å². The average Bonchev–Trinajstić information content (AvgIpc) is 3.21. The van der Waals surface area contributed by atoms with Crippen LogP contribution in [0.4, 0.5) is 5.69 Å². The fourth-order valence-electron chi connectivity index (χ4n) is 3.72. The lowest BCUT2D eigenvalue weighted by Crippen LogP contribution is -2.49. The van der Waals surface area contributed by atoms with E-state index in [9.17, 15) is 14.4 Å². The fraction of sp³-hybridized carbons (Fsp3) is 0.273. The van der Waals surface area contributed by atoms with Crippen LogP contribution in [0.25, 0.3) is 0 Å². The van der Waals surface area contributed by atoms with Crippen molar-refractivity contribution in [3.05, 3.63) is 59.7 Å². The summed E-state index contributed by atoms with van der Waals surface area (Å²) in [6.45, 7) is 5.21. The van der Waals surface area contributed by atoms with Crippen molar-refractivity contribution < 1.29 is 19.1 Å². The van der Waals surface area contributed by atoms with Gasteiger partial charge in [-0.2, -0.15) is 5.01 Å². The lowest BCUT2D eigenvalue weighted by molar-refractivity contribution is -0.139. The second-order valence-corrected chi connectivity index (χ2v) is 8.48. The molecule has 3 amide bonds. The van der Waals surface area contributed by atoms with Crippen molar-refractivity contribution in [3.8, 4) is 5.75 Å². The molecule has 2 aromatic carbocycles. The maximum Gasteiger partial charge on any atom is 0.270 e. The second kappa shape index (κ2) is 8.07. The van der Waals surface area contributed by atoms with Crippen molar-refractivity contribution in [3.63, 3.8) is 0 Å². The highest BCUT2D eigenvalue weighted by Gasteiger charge is 2.61. The first-order valence-corrected chi connectivity index (χ1v) is 10.6. The molecular weight excluding hydrogens is 416 g/mol. The van der Waals surface area contributed by atoms with E-state index >= 15 is 0 Å². The highest BCUT2D eigenvalue weighted by Crippen LogP contribution is 2.54. The lowest BCUT2D eigenvalue weighted by atomic mass is 10.0. The molecule has 160 valence electrons. The SMILES string of the molecule is CC(=O)NC1=NN(C(C)=O)[C@]2(S1)C(=O)N(CCOc1ccccc1)c1ccc(C)cc12. The summed E-state index contributed by atoms with van der Waals surface area (Å²) >= 11 is 1.07. The van der Waals surface area contributed by atoms with E-state index < -0.39 is 10.8 Å². The Kier molecular flexibility index (Phi) is 5.45. The summed E-state index contributed by atoms with van der Waals surface area (Å²) in [4.78, 5) is 38.0. The number of carbonyl (C=O) groups is 3. The Morgan fingerprint density at radius 1 is 1.16 bits per heavy atom. The largest absolute Gasteiger partial charge is 0.492 e. The summed E-state index contributed by atoms with van der Waals surface area (Å²) in [5, 5.41) is 8.25. The number of hydrazone groups is 1. The molecule has 2 aromatic rings. The highest BCUT2D eigenvalue weighted by atomic mass is 32.2. The van der Waals surface area contributed by atoms with Crippen molar-refractivity contribution in [1.29, 1.82) is 0 Å². The number of rotatable bonds is 4. The first-order chi connectivity index (χ1) is 14.8. The van der Waals surface area contributed by atoms with Crippen LogP contribution in [0.3, 0.4) is 0 Å². The summed E-state index contributed by atoms with van der Waals surface area (Å²) in [7, 11) is 0. The van der Waals surface area contributed by atoms with Crippen LogP contribution in [-0.4, -0.2) is 41.0 Å². The number of nitrogens with zero attached hydrogens (tertiary/aromatic N) is 3. The number of hydrogen-bond acceptors (Lipinski definition) is 6. The molecular formula is C22H22N4O4S. The standard InChI is InChI=1S/C22H22N4O4S/c1-14-9-10-19-18(13-14)22(26(16(3)28)24-21(31-22)23-15(2)27)20(29)25(19)11-12-30-17-7-5-4-6-8-17/h4-10,13H,11-12H2,1-3H3,(H,23,24,27)/t22-/m1/s1. The Balaban J connectivity index is 1.68. The van der Waals surface area contributed by atoms with Crippen molar-refractivity contribution in [1.82, 2.24) is 10.3 Å². The molecule has 1 spiro atoms. The summed E-state index contributed by atoms with van der Waals surface area (Å²) in [6.07, 6.45) is 0. The summed E-state index contributed by atoms with van der Waals surface area (Å²) in [5.74, 6) is -0.301. The molecule has 8 nitrogen and oxygen atoms in total. The second-order valence-electron chi connectivity index (χ2n) is 7.30. The first kappa shape index (κ1) is 20.9. The van der Waals surface area contributed by atoms with Gasteiger partial charge in [-0.25, -0.2) is 0 Å². The van der Waals surface area contributed by atoms with Crippen LogP contribution < -0.4 is 15.0 Å². The number of amides is 3. The molecule has 2 aliphatic rings. The van der Waals surface area contributed by atoms with E-state index in [1.165, 1.54) is 18.9 Å². The minimum atomic E-state index is -1.39. The number of fused-ring (bicyclic) bond motifs is 2. The molecule has 31 heavy (non-hydrogen) atoms. The molecule has 1 N–H and O–H groups in total. The smallest absolute Gasteiger partial charge is 0.270 e. The Bertz CT molecular complexity index is 1090. The number of amidine groups is 1. The van der Waals surface area contributed by atoms with E-state index in [0.717, 1.165) is 17.3 Å². The summed E-state index contributed by atoms with van der Waals surface area (Å²) in [6, 6.07) is 15.0. The van der Waals surface area contributed by atoms with Crippen molar-refractivity contribution in [2.75, 3.05) is 18.1 Å². The number of thioether (sulfide) groups is 1. The van der Waals surface area contributed by atoms with E-state index in [1.54, 1.807) is 4.90 Å². The average molecular weight is 439 g/mol. The van der Waals surface area contributed by atoms with Gasteiger partial charge in [-0.05, 0) is 36.9 Å². The minimum Gasteiger partial charge on any atom is -0.492 e. The van der Waals surface area contributed by atoms with E-state index in [-0.39, 0.29) is 23.6 Å². The quantitative estimate of drug-likeness (QED) is 0.792. The molecule has 0 aliphatic carbocycles. The highest BCUT2D eigenvalue weighted by molar-refractivity contribution is 8.15. The zero-order chi connectivity index (χ0) is 22.2. The van der Waals surface area contributed by atoms with Crippen LogP contribution in [0.5, 0.6) is 5.75 Å². The van der Waals surface area contributed by atoms with Gasteiger partial charge in [-0.1, -0.05) is 35.9 Å². The number of nitrogens with one attached hydrogen (secondary N) is 1. The van der Waals surface area contributed by atoms with Crippen molar-refractivity contribution in [2.45, 2.75) is 25.6 Å². The number of anilines is 1. The van der Waals surface area contributed by atoms with Crippen LogP contribution >= 0.6 is 11.8 Å². The van der Waals surface area contributed by atoms with Gasteiger partial charge in [-0.15, -0.1) is 5.10 Å². The molecule has 2 aliphatic heterocycles. The lowest BCUT2D eigenvalue weighted by Gasteiger charge is -2.29. The number of benzene rings is 2. The number of para-hydroxylation sites is 1. The molecule has 0 saturated carbocycles. The molecule has 9 heteroatoms. The van der Waals surface area contributed by atoms with E-state index in [2.05, 4.69) is 10.4 Å². The predicted octanol–water partition coefficient (Wildman–Crippen LogP) is 2.58. The maximum atomic E-state index is 13.8. The summed E-state index contributed by atoms with van der Waals surface area (Å²) < 4.78 is 5.79. The minimum absolute atomic E-state index is 0.214. The van der Waals surface area contributed by atoms with E-state index in [0.29, 0.717) is 23.5 Å². The van der Waals surface area contributed by atoms with Crippen LogP contribution in [0.15, 0.2) is 53.6 Å².